The predicted molar refractivity (Wildman–Crippen MR) is 65.2 cm³/mol. The number of para-hydroxylation sites is 1. The van der Waals surface area contributed by atoms with E-state index in [0.717, 1.165) is 0 Å². The third kappa shape index (κ3) is 3.88. The van der Waals surface area contributed by atoms with Crippen molar-refractivity contribution < 1.29 is 14.3 Å². The van der Waals surface area contributed by atoms with Gasteiger partial charge in [0.1, 0.15) is 6.54 Å². The van der Waals surface area contributed by atoms with E-state index in [1.807, 2.05) is 0 Å². The second-order valence-electron chi connectivity index (χ2n) is 3.43. The fourth-order valence-electron chi connectivity index (χ4n) is 1.38. The minimum absolute atomic E-state index is 0.0273. The summed E-state index contributed by atoms with van der Waals surface area (Å²) in [6, 6.07) is 7.06. The second kappa shape index (κ2) is 6.65. The van der Waals surface area contributed by atoms with Crippen LogP contribution in [-0.4, -0.2) is 39.0 Å². The maximum absolute atomic E-state index is 11.8. The van der Waals surface area contributed by atoms with Crippen LogP contribution in [0.2, 0.25) is 0 Å². The summed E-state index contributed by atoms with van der Waals surface area (Å²) in [5.41, 5.74) is 1.20. The number of benzene rings is 1. The average molecular weight is 236 g/mol. The molecule has 5 nitrogen and oxygen atoms in total. The Morgan fingerprint density at radius 2 is 1.94 bits per heavy atom. The number of ketones is 1. The molecule has 0 radical (unpaired) electrons. The number of Topliss-reactive ketones (excluding diaryl/α,β-unsaturated/α-hetero) is 1. The topological polar surface area (TPSA) is 67.4 Å². The van der Waals surface area contributed by atoms with E-state index < -0.39 is 0 Å². The van der Waals surface area contributed by atoms with Crippen molar-refractivity contribution in [1.82, 2.24) is 5.32 Å². The molecule has 1 aromatic rings. The van der Waals surface area contributed by atoms with Crippen molar-refractivity contribution in [3.63, 3.8) is 0 Å². The van der Waals surface area contributed by atoms with E-state index in [9.17, 15) is 9.59 Å². The lowest BCUT2D eigenvalue weighted by Gasteiger charge is -2.10. The molecule has 0 bridgehead atoms. The zero-order valence-electron chi connectivity index (χ0n) is 9.95. The van der Waals surface area contributed by atoms with Crippen LogP contribution in [-0.2, 0) is 9.53 Å². The molecule has 0 spiro atoms. The number of esters is 1. The van der Waals surface area contributed by atoms with E-state index >= 15 is 0 Å². The van der Waals surface area contributed by atoms with E-state index in [1.165, 1.54) is 7.11 Å². The third-order valence-electron chi connectivity index (χ3n) is 2.22. The van der Waals surface area contributed by atoms with Gasteiger partial charge in [-0.1, -0.05) is 12.1 Å². The molecule has 0 aliphatic carbocycles. The molecule has 0 fully saturated rings. The molecule has 1 aromatic carbocycles. The number of hydrogen-bond donors (Lipinski definition) is 2. The van der Waals surface area contributed by atoms with Gasteiger partial charge in [0.15, 0.2) is 5.78 Å². The van der Waals surface area contributed by atoms with Gasteiger partial charge in [-0.25, -0.2) is 0 Å². The lowest BCUT2D eigenvalue weighted by atomic mass is 10.1. The van der Waals surface area contributed by atoms with Crippen LogP contribution in [0.15, 0.2) is 24.3 Å². The highest BCUT2D eigenvalue weighted by Gasteiger charge is 2.10. The van der Waals surface area contributed by atoms with Crippen LogP contribution in [0.5, 0.6) is 0 Å². The van der Waals surface area contributed by atoms with Crippen molar-refractivity contribution >= 4 is 17.4 Å². The molecule has 5 heteroatoms. The quantitative estimate of drug-likeness (QED) is 0.561. The van der Waals surface area contributed by atoms with Gasteiger partial charge in [0, 0.05) is 11.3 Å². The second-order valence-corrected chi connectivity index (χ2v) is 3.43. The Bertz CT molecular complexity index is 404. The molecule has 92 valence electrons. The van der Waals surface area contributed by atoms with Crippen molar-refractivity contribution in [1.29, 1.82) is 0 Å². The predicted octanol–water partition coefficient (Wildman–Crippen LogP) is 0.674. The fourth-order valence-corrected chi connectivity index (χ4v) is 1.38. The van der Waals surface area contributed by atoms with E-state index in [1.54, 1.807) is 31.3 Å². The van der Waals surface area contributed by atoms with E-state index in [2.05, 4.69) is 15.4 Å². The highest BCUT2D eigenvalue weighted by molar-refractivity contribution is 6.02. The molecule has 0 saturated heterocycles. The molecule has 0 unspecified atom stereocenters. The molecule has 1 rings (SSSR count). The first-order valence-electron chi connectivity index (χ1n) is 5.26. The Balaban J connectivity index is 2.77. The SMILES string of the molecule is CNCC(=O)c1ccccc1NCC(=O)OC. The number of hydrogen-bond acceptors (Lipinski definition) is 5. The minimum Gasteiger partial charge on any atom is -0.468 e. The average Bonchev–Trinajstić information content (AvgIpc) is 2.36. The summed E-state index contributed by atoms with van der Waals surface area (Å²) in [6.45, 7) is 0.303. The number of rotatable bonds is 6. The minimum atomic E-state index is -0.374. The summed E-state index contributed by atoms with van der Waals surface area (Å²) in [6.07, 6.45) is 0. The van der Waals surface area contributed by atoms with E-state index in [4.69, 9.17) is 0 Å². The molecule has 17 heavy (non-hydrogen) atoms. The number of likely N-dealkylation sites (N-methyl/N-ethyl adjacent to an activating group) is 1. The molecular formula is C12H16N2O3. The van der Waals surface area contributed by atoms with Crippen molar-refractivity contribution in [2.45, 2.75) is 0 Å². The number of carbonyl (C=O) groups excluding carboxylic acids is 2. The Hall–Kier alpha value is -1.88. The molecule has 0 aromatic heterocycles. The Labute approximate surface area is 100 Å². The van der Waals surface area contributed by atoms with Crippen LogP contribution >= 0.6 is 0 Å². The molecule has 0 heterocycles. The van der Waals surface area contributed by atoms with Gasteiger partial charge in [-0.15, -0.1) is 0 Å². The van der Waals surface area contributed by atoms with Gasteiger partial charge < -0.3 is 15.4 Å². The van der Waals surface area contributed by atoms with Gasteiger partial charge >= 0.3 is 5.97 Å². The normalized spacial score (nSPS) is 9.76. The summed E-state index contributed by atoms with van der Waals surface area (Å²) in [5, 5.41) is 5.68. The molecule has 0 aliphatic heterocycles. The van der Waals surface area contributed by atoms with Gasteiger partial charge in [0.25, 0.3) is 0 Å². The lowest BCUT2D eigenvalue weighted by molar-refractivity contribution is -0.138. The molecule has 0 saturated carbocycles. The first kappa shape index (κ1) is 13.2. The summed E-state index contributed by atoms with van der Waals surface area (Å²) >= 11 is 0. The molecule has 0 aliphatic rings. The largest absolute Gasteiger partial charge is 0.468 e. The third-order valence-corrected chi connectivity index (χ3v) is 2.22. The van der Waals surface area contributed by atoms with Crippen LogP contribution in [0.25, 0.3) is 0 Å². The van der Waals surface area contributed by atoms with Gasteiger partial charge in [-0.05, 0) is 19.2 Å². The lowest BCUT2D eigenvalue weighted by Crippen LogP contribution is -2.21. The van der Waals surface area contributed by atoms with Crippen molar-refractivity contribution in [2.75, 3.05) is 32.6 Å². The van der Waals surface area contributed by atoms with Crippen LogP contribution in [0, 0.1) is 0 Å². The van der Waals surface area contributed by atoms with Crippen LogP contribution in [0.3, 0.4) is 0 Å². The van der Waals surface area contributed by atoms with Crippen LogP contribution < -0.4 is 10.6 Å². The number of carbonyl (C=O) groups is 2. The monoisotopic (exact) mass is 236 g/mol. The van der Waals surface area contributed by atoms with Crippen molar-refractivity contribution in [2.24, 2.45) is 0 Å². The highest BCUT2D eigenvalue weighted by atomic mass is 16.5. The van der Waals surface area contributed by atoms with Crippen molar-refractivity contribution in [3.05, 3.63) is 29.8 Å². The number of nitrogens with one attached hydrogen (secondary N) is 2. The first-order valence-corrected chi connectivity index (χ1v) is 5.26. The molecule has 0 atom stereocenters. The number of methoxy groups -OCH3 is 1. The standard InChI is InChI=1S/C12H16N2O3/c1-13-7-11(15)9-5-3-4-6-10(9)14-8-12(16)17-2/h3-6,13-14H,7-8H2,1-2H3. The van der Waals surface area contributed by atoms with Gasteiger partial charge in [0.2, 0.25) is 0 Å². The molecule has 2 N–H and O–H groups in total. The van der Waals surface area contributed by atoms with Crippen molar-refractivity contribution in [3.8, 4) is 0 Å². The van der Waals surface area contributed by atoms with Gasteiger partial charge in [0.05, 0.1) is 13.7 Å². The Morgan fingerprint density at radius 3 is 2.59 bits per heavy atom. The zero-order chi connectivity index (χ0) is 12.7. The number of anilines is 1. The van der Waals surface area contributed by atoms with Gasteiger partial charge in [-0.3, -0.25) is 9.59 Å². The van der Waals surface area contributed by atoms with Gasteiger partial charge in [-0.2, -0.15) is 0 Å². The summed E-state index contributed by atoms with van der Waals surface area (Å²) in [7, 11) is 3.03. The summed E-state index contributed by atoms with van der Waals surface area (Å²) in [4.78, 5) is 22.8. The first-order chi connectivity index (χ1) is 8.19. The van der Waals surface area contributed by atoms with E-state index in [-0.39, 0.29) is 24.8 Å². The summed E-state index contributed by atoms with van der Waals surface area (Å²) < 4.78 is 4.52. The van der Waals surface area contributed by atoms with E-state index in [0.29, 0.717) is 11.3 Å². The smallest absolute Gasteiger partial charge is 0.325 e. The fraction of sp³-hybridized carbons (Fsp3) is 0.333. The van der Waals surface area contributed by atoms with Crippen LogP contribution in [0.4, 0.5) is 5.69 Å². The Morgan fingerprint density at radius 1 is 1.24 bits per heavy atom. The highest BCUT2D eigenvalue weighted by Crippen LogP contribution is 2.15. The maximum atomic E-state index is 11.8. The number of ether oxygens (including phenoxy) is 1. The molecular weight excluding hydrogens is 220 g/mol. The maximum Gasteiger partial charge on any atom is 0.325 e. The Kier molecular flexibility index (Phi) is 5.16. The summed E-state index contributed by atoms with van der Waals surface area (Å²) in [5.74, 6) is -0.402. The molecule has 0 amide bonds. The van der Waals surface area contributed by atoms with Crippen LogP contribution in [0.1, 0.15) is 10.4 Å². The zero-order valence-corrected chi connectivity index (χ0v) is 9.95.